The molecule has 1 aromatic rings. The number of carboxylic acids is 1. The number of fused-ring (bicyclic) bond motifs is 1. The van der Waals surface area contributed by atoms with E-state index in [0.717, 1.165) is 17.2 Å². The summed E-state index contributed by atoms with van der Waals surface area (Å²) in [5.74, 6) is -1.05. The second-order valence-corrected chi connectivity index (χ2v) is 3.27. The number of aliphatic carboxylic acids is 1. The summed E-state index contributed by atoms with van der Waals surface area (Å²) in [7, 11) is 0. The first kappa shape index (κ1) is 9.45. The van der Waals surface area contributed by atoms with Crippen LogP contribution in [0.3, 0.4) is 0 Å². The largest absolute Gasteiger partial charge is 0.478 e. The number of amides is 1. The van der Waals surface area contributed by atoms with E-state index in [1.807, 2.05) is 6.07 Å². The van der Waals surface area contributed by atoms with Crippen molar-refractivity contribution in [3.63, 3.8) is 0 Å². The van der Waals surface area contributed by atoms with Crippen LogP contribution in [-0.2, 0) is 11.3 Å². The Morgan fingerprint density at radius 1 is 1.47 bits per heavy atom. The van der Waals surface area contributed by atoms with Gasteiger partial charge in [-0.2, -0.15) is 0 Å². The van der Waals surface area contributed by atoms with Crippen LogP contribution in [0.2, 0.25) is 0 Å². The average Bonchev–Trinajstić information content (AvgIpc) is 2.57. The smallest absolute Gasteiger partial charge is 0.328 e. The molecule has 1 aromatic carbocycles. The highest BCUT2D eigenvalue weighted by Gasteiger charge is 2.17. The summed E-state index contributed by atoms with van der Waals surface area (Å²) >= 11 is 0. The van der Waals surface area contributed by atoms with Gasteiger partial charge in [-0.25, -0.2) is 4.79 Å². The Balaban J connectivity index is 2.31. The van der Waals surface area contributed by atoms with Gasteiger partial charge in [-0.15, -0.1) is 0 Å². The first-order valence-corrected chi connectivity index (χ1v) is 4.49. The van der Waals surface area contributed by atoms with E-state index in [1.165, 1.54) is 6.08 Å². The van der Waals surface area contributed by atoms with Crippen LogP contribution in [0.15, 0.2) is 24.3 Å². The molecule has 0 aromatic heterocycles. The maximum Gasteiger partial charge on any atom is 0.328 e. The van der Waals surface area contributed by atoms with Crippen LogP contribution in [-0.4, -0.2) is 17.0 Å². The minimum Gasteiger partial charge on any atom is -0.478 e. The van der Waals surface area contributed by atoms with Gasteiger partial charge in [0.05, 0.1) is 0 Å². The van der Waals surface area contributed by atoms with Crippen LogP contribution < -0.4 is 5.32 Å². The van der Waals surface area contributed by atoms with E-state index < -0.39 is 5.97 Å². The molecule has 0 fully saturated rings. The Labute approximate surface area is 86.2 Å². The molecule has 0 spiro atoms. The number of carboxylic acid groups (broad SMARTS) is 1. The van der Waals surface area contributed by atoms with E-state index in [-0.39, 0.29) is 5.91 Å². The standard InChI is InChI=1S/C11H9NO3/c13-10(14)4-2-7-1-3-9-8(5-7)6-12-11(9)15/h1-5H,6H2,(H,12,15)(H,13,14). The number of benzene rings is 1. The lowest BCUT2D eigenvalue weighted by atomic mass is 10.1. The molecule has 1 aliphatic rings. The summed E-state index contributed by atoms with van der Waals surface area (Å²) in [6, 6.07) is 5.25. The van der Waals surface area contributed by atoms with E-state index in [4.69, 9.17) is 5.11 Å². The minimum atomic E-state index is -0.982. The molecular formula is C11H9NO3. The Kier molecular flexibility index (Phi) is 2.25. The van der Waals surface area contributed by atoms with Gasteiger partial charge in [0.25, 0.3) is 5.91 Å². The molecule has 0 saturated heterocycles. The fourth-order valence-corrected chi connectivity index (χ4v) is 1.52. The van der Waals surface area contributed by atoms with Crippen molar-refractivity contribution in [3.8, 4) is 0 Å². The zero-order valence-corrected chi connectivity index (χ0v) is 7.86. The molecule has 76 valence electrons. The SMILES string of the molecule is O=C(O)C=Cc1ccc2c(c1)CNC2=O. The number of carbonyl (C=O) groups is 2. The number of hydrogen-bond acceptors (Lipinski definition) is 2. The van der Waals surface area contributed by atoms with Crippen LogP contribution in [0.1, 0.15) is 21.5 Å². The van der Waals surface area contributed by atoms with Crippen molar-refractivity contribution >= 4 is 18.0 Å². The van der Waals surface area contributed by atoms with Crippen LogP contribution in [0.25, 0.3) is 6.08 Å². The summed E-state index contributed by atoms with van der Waals surface area (Å²) < 4.78 is 0. The normalized spacial score (nSPS) is 14.0. The summed E-state index contributed by atoms with van der Waals surface area (Å²) in [6.07, 6.45) is 2.58. The molecule has 0 atom stereocenters. The monoisotopic (exact) mass is 203 g/mol. The van der Waals surface area contributed by atoms with Gasteiger partial charge in [-0.1, -0.05) is 6.07 Å². The molecule has 0 saturated carbocycles. The van der Waals surface area contributed by atoms with Crippen LogP contribution in [0.5, 0.6) is 0 Å². The van der Waals surface area contributed by atoms with Gasteiger partial charge >= 0.3 is 5.97 Å². The molecule has 4 heteroatoms. The highest BCUT2D eigenvalue weighted by Crippen LogP contribution is 2.17. The predicted octanol–water partition coefficient (Wildman–Crippen LogP) is 1.03. The van der Waals surface area contributed by atoms with Crippen molar-refractivity contribution in [1.82, 2.24) is 5.32 Å². The molecule has 0 aliphatic carbocycles. The van der Waals surface area contributed by atoms with Crippen molar-refractivity contribution < 1.29 is 14.7 Å². The van der Waals surface area contributed by atoms with Crippen molar-refractivity contribution in [2.75, 3.05) is 0 Å². The molecule has 15 heavy (non-hydrogen) atoms. The van der Waals surface area contributed by atoms with Crippen LogP contribution in [0.4, 0.5) is 0 Å². The van der Waals surface area contributed by atoms with E-state index in [1.54, 1.807) is 12.1 Å². The lowest BCUT2D eigenvalue weighted by Gasteiger charge is -1.97. The zero-order chi connectivity index (χ0) is 10.8. The van der Waals surface area contributed by atoms with Gasteiger partial charge < -0.3 is 10.4 Å². The maximum atomic E-state index is 11.2. The van der Waals surface area contributed by atoms with Gasteiger partial charge in [0, 0.05) is 18.2 Å². The molecule has 2 rings (SSSR count). The summed E-state index contributed by atoms with van der Waals surface area (Å²) in [6.45, 7) is 0.517. The fraction of sp³-hybridized carbons (Fsp3) is 0.0909. The summed E-state index contributed by atoms with van der Waals surface area (Å²) in [5.41, 5.74) is 2.36. The van der Waals surface area contributed by atoms with Crippen molar-refractivity contribution in [2.24, 2.45) is 0 Å². The Morgan fingerprint density at radius 2 is 2.27 bits per heavy atom. The van der Waals surface area contributed by atoms with Gasteiger partial charge in [-0.3, -0.25) is 4.79 Å². The minimum absolute atomic E-state index is 0.0706. The summed E-state index contributed by atoms with van der Waals surface area (Å²) in [5, 5.41) is 11.2. The number of carbonyl (C=O) groups excluding carboxylic acids is 1. The molecule has 1 amide bonds. The molecule has 0 unspecified atom stereocenters. The zero-order valence-electron chi connectivity index (χ0n) is 7.86. The topological polar surface area (TPSA) is 66.4 Å². The fourth-order valence-electron chi connectivity index (χ4n) is 1.52. The van der Waals surface area contributed by atoms with E-state index in [0.29, 0.717) is 12.1 Å². The highest BCUT2D eigenvalue weighted by molar-refractivity contribution is 5.98. The Bertz CT molecular complexity index is 463. The number of rotatable bonds is 2. The second kappa shape index (κ2) is 3.57. The first-order valence-electron chi connectivity index (χ1n) is 4.49. The molecule has 0 radical (unpaired) electrons. The molecule has 1 aliphatic heterocycles. The van der Waals surface area contributed by atoms with Crippen molar-refractivity contribution in [1.29, 1.82) is 0 Å². The third-order valence-corrected chi connectivity index (χ3v) is 2.23. The van der Waals surface area contributed by atoms with Crippen LogP contribution in [0, 0.1) is 0 Å². The quantitative estimate of drug-likeness (QED) is 0.705. The molecule has 1 heterocycles. The van der Waals surface area contributed by atoms with Gasteiger partial charge in [0.15, 0.2) is 0 Å². The lowest BCUT2D eigenvalue weighted by molar-refractivity contribution is -0.131. The Hall–Kier alpha value is -2.10. The lowest BCUT2D eigenvalue weighted by Crippen LogP contribution is -2.12. The van der Waals surface area contributed by atoms with E-state index in [2.05, 4.69) is 5.32 Å². The maximum absolute atomic E-state index is 11.2. The third-order valence-electron chi connectivity index (χ3n) is 2.23. The average molecular weight is 203 g/mol. The van der Waals surface area contributed by atoms with Gasteiger partial charge in [0.2, 0.25) is 0 Å². The van der Waals surface area contributed by atoms with Crippen LogP contribution >= 0.6 is 0 Å². The van der Waals surface area contributed by atoms with Gasteiger partial charge in [-0.05, 0) is 29.3 Å². The molecule has 2 N–H and O–H groups in total. The number of nitrogens with one attached hydrogen (secondary N) is 1. The second-order valence-electron chi connectivity index (χ2n) is 3.27. The third kappa shape index (κ3) is 1.88. The van der Waals surface area contributed by atoms with Gasteiger partial charge in [0.1, 0.15) is 0 Å². The molecular weight excluding hydrogens is 194 g/mol. The first-order chi connectivity index (χ1) is 7.16. The van der Waals surface area contributed by atoms with Crippen molar-refractivity contribution in [2.45, 2.75) is 6.54 Å². The van der Waals surface area contributed by atoms with E-state index >= 15 is 0 Å². The highest BCUT2D eigenvalue weighted by atomic mass is 16.4. The molecule has 4 nitrogen and oxygen atoms in total. The number of hydrogen-bond donors (Lipinski definition) is 2. The molecule has 0 bridgehead atoms. The van der Waals surface area contributed by atoms with Crippen molar-refractivity contribution in [3.05, 3.63) is 41.0 Å². The summed E-state index contributed by atoms with van der Waals surface area (Å²) in [4.78, 5) is 21.5. The Morgan fingerprint density at radius 3 is 3.00 bits per heavy atom. The van der Waals surface area contributed by atoms with E-state index in [9.17, 15) is 9.59 Å². The predicted molar refractivity (Wildman–Crippen MR) is 54.3 cm³/mol.